The zero-order chi connectivity index (χ0) is 23.5. The maximum Gasteiger partial charge on any atom is 0.258 e. The van der Waals surface area contributed by atoms with E-state index in [0.717, 1.165) is 60.3 Å². The van der Waals surface area contributed by atoms with Crippen LogP contribution < -0.4 is 5.32 Å². The molecule has 0 saturated carbocycles. The minimum absolute atomic E-state index is 0.00553. The first-order chi connectivity index (χ1) is 16.6. The Morgan fingerprint density at radius 2 is 1.82 bits per heavy atom. The number of carbonyl (C=O) groups is 1. The molecule has 2 aliphatic heterocycles. The van der Waals surface area contributed by atoms with Gasteiger partial charge in [0, 0.05) is 38.3 Å². The van der Waals surface area contributed by atoms with E-state index in [1.54, 1.807) is 0 Å². The molecule has 6 nitrogen and oxygen atoms in total. The minimum atomic E-state index is 0.00553. The molecule has 0 aliphatic carbocycles. The highest BCUT2D eigenvalue weighted by atomic mass is 32.2. The van der Waals surface area contributed by atoms with E-state index in [0.29, 0.717) is 18.6 Å². The first kappa shape index (κ1) is 23.1. The van der Waals surface area contributed by atoms with Crippen molar-refractivity contribution in [1.29, 1.82) is 0 Å². The molecule has 0 spiro atoms. The topological polar surface area (TPSA) is 52.9 Å². The summed E-state index contributed by atoms with van der Waals surface area (Å²) in [5, 5.41) is 4.15. The summed E-state index contributed by atoms with van der Waals surface area (Å²) in [4.78, 5) is 23.1. The lowest BCUT2D eigenvalue weighted by Gasteiger charge is -2.44. The van der Waals surface area contributed by atoms with E-state index >= 15 is 0 Å². The third kappa shape index (κ3) is 5.06. The summed E-state index contributed by atoms with van der Waals surface area (Å²) >= 11 is 1.51. The van der Waals surface area contributed by atoms with Crippen LogP contribution in [0, 0.1) is 0 Å². The summed E-state index contributed by atoms with van der Waals surface area (Å²) in [5.41, 5.74) is 3.27. The minimum Gasteiger partial charge on any atom is -0.352 e. The molecule has 2 aliphatic rings. The number of hydrogen-bond acceptors (Lipinski definition) is 5. The molecule has 1 saturated heterocycles. The number of amides is 1. The second kappa shape index (κ2) is 10.3. The number of benzene rings is 1. The van der Waals surface area contributed by atoms with E-state index in [1.807, 2.05) is 30.5 Å². The highest BCUT2D eigenvalue weighted by Gasteiger charge is 2.28. The normalized spacial score (nSPS) is 20.9. The molecule has 1 N–H and O–H groups in total. The van der Waals surface area contributed by atoms with Crippen molar-refractivity contribution >= 4 is 29.4 Å². The van der Waals surface area contributed by atoms with Gasteiger partial charge in [0.15, 0.2) is 0 Å². The molecular weight excluding hydrogens is 442 g/mol. The number of nitrogens with zero attached hydrogens (tertiary/aromatic N) is 4. The zero-order valence-electron chi connectivity index (χ0n) is 20.0. The monoisotopic (exact) mass is 475 g/mol. The summed E-state index contributed by atoms with van der Waals surface area (Å²) in [7, 11) is 0. The van der Waals surface area contributed by atoms with Crippen molar-refractivity contribution < 1.29 is 4.79 Å². The van der Waals surface area contributed by atoms with Crippen LogP contribution >= 0.6 is 11.8 Å². The van der Waals surface area contributed by atoms with Gasteiger partial charge in [-0.1, -0.05) is 48.2 Å². The SMILES string of the molecule is C[C@@H]1CN(Cc2ccccc2)[C@@H](C)CN1CCCCNC(=O)C1=Cc2cnc3cccc(n23)S1. The van der Waals surface area contributed by atoms with Crippen molar-refractivity contribution in [3.63, 3.8) is 0 Å². The molecule has 1 fully saturated rings. The van der Waals surface area contributed by atoms with Gasteiger partial charge in [0.25, 0.3) is 5.91 Å². The summed E-state index contributed by atoms with van der Waals surface area (Å²) in [6.45, 7) is 9.69. The van der Waals surface area contributed by atoms with Crippen LogP contribution in [-0.2, 0) is 11.3 Å². The lowest BCUT2D eigenvalue weighted by molar-refractivity contribution is -0.116. The lowest BCUT2D eigenvalue weighted by atomic mass is 10.1. The van der Waals surface area contributed by atoms with Crippen LogP contribution in [0.4, 0.5) is 0 Å². The Bertz CT molecular complexity index is 1170. The van der Waals surface area contributed by atoms with Crippen molar-refractivity contribution in [2.75, 3.05) is 26.2 Å². The van der Waals surface area contributed by atoms with Gasteiger partial charge >= 0.3 is 0 Å². The van der Waals surface area contributed by atoms with E-state index in [9.17, 15) is 4.79 Å². The van der Waals surface area contributed by atoms with Crippen molar-refractivity contribution in [3.8, 4) is 0 Å². The zero-order valence-corrected chi connectivity index (χ0v) is 20.8. The lowest BCUT2D eigenvalue weighted by Crippen LogP contribution is -2.56. The molecule has 34 heavy (non-hydrogen) atoms. The first-order valence-electron chi connectivity index (χ1n) is 12.2. The molecule has 0 unspecified atom stereocenters. The van der Waals surface area contributed by atoms with Crippen LogP contribution in [0.15, 0.2) is 64.7 Å². The first-order valence-corrected chi connectivity index (χ1v) is 13.1. The number of aromatic nitrogens is 2. The third-order valence-corrected chi connectivity index (χ3v) is 7.92. The number of pyridine rings is 1. The van der Waals surface area contributed by atoms with Crippen LogP contribution in [0.25, 0.3) is 11.7 Å². The van der Waals surface area contributed by atoms with Crippen LogP contribution in [0.5, 0.6) is 0 Å². The summed E-state index contributed by atoms with van der Waals surface area (Å²) in [5.74, 6) is 0.00553. The average molecular weight is 476 g/mol. The summed E-state index contributed by atoms with van der Waals surface area (Å²) in [6, 6.07) is 17.9. The smallest absolute Gasteiger partial charge is 0.258 e. The van der Waals surface area contributed by atoms with Gasteiger partial charge in [0.1, 0.15) is 5.65 Å². The molecule has 0 radical (unpaired) electrons. The molecule has 3 aromatic rings. The van der Waals surface area contributed by atoms with Gasteiger partial charge in [-0.2, -0.15) is 0 Å². The Hall–Kier alpha value is -2.61. The number of carbonyl (C=O) groups excluding carboxylic acids is 1. The largest absolute Gasteiger partial charge is 0.352 e. The molecule has 0 bridgehead atoms. The number of nitrogens with one attached hydrogen (secondary N) is 1. The van der Waals surface area contributed by atoms with E-state index < -0.39 is 0 Å². The van der Waals surface area contributed by atoms with Crippen molar-refractivity contribution in [2.24, 2.45) is 0 Å². The van der Waals surface area contributed by atoms with E-state index in [4.69, 9.17) is 0 Å². The molecule has 2 atom stereocenters. The van der Waals surface area contributed by atoms with Gasteiger partial charge in [-0.25, -0.2) is 4.98 Å². The molecule has 2 aromatic heterocycles. The van der Waals surface area contributed by atoms with Crippen LogP contribution in [0.3, 0.4) is 0 Å². The Morgan fingerprint density at radius 3 is 2.68 bits per heavy atom. The molecule has 1 amide bonds. The van der Waals surface area contributed by atoms with Gasteiger partial charge in [0.2, 0.25) is 0 Å². The number of imidazole rings is 1. The van der Waals surface area contributed by atoms with Crippen molar-refractivity contribution in [2.45, 2.75) is 50.3 Å². The van der Waals surface area contributed by atoms with Gasteiger partial charge in [-0.3, -0.25) is 19.0 Å². The second-order valence-corrected chi connectivity index (χ2v) is 10.5. The molecule has 1 aromatic carbocycles. The summed E-state index contributed by atoms with van der Waals surface area (Å²) < 4.78 is 2.09. The van der Waals surface area contributed by atoms with E-state index in [2.05, 4.69) is 68.7 Å². The maximum atomic E-state index is 12.7. The predicted octanol–water partition coefficient (Wildman–Crippen LogP) is 4.27. The Labute approximate surface area is 206 Å². The molecule has 4 heterocycles. The molecular formula is C27H33N5OS. The third-order valence-electron chi connectivity index (χ3n) is 6.87. The number of thioether (sulfide) groups is 1. The number of hydrogen-bond donors (Lipinski definition) is 1. The Morgan fingerprint density at radius 1 is 1.03 bits per heavy atom. The van der Waals surface area contributed by atoms with Gasteiger partial charge in [-0.15, -0.1) is 0 Å². The van der Waals surface area contributed by atoms with E-state index in [-0.39, 0.29) is 5.91 Å². The standard InChI is InChI=1S/C27H33N5OS/c1-20-18-31(19-22-9-4-3-5-10-22)21(2)17-30(20)14-7-6-13-28-27(33)24-15-23-16-29-25-11-8-12-26(34-24)32(23)25/h3-5,8-12,15-16,20-21H,6-7,13-14,17-19H2,1-2H3,(H,28,33)/t20-,21+/m1/s1. The van der Waals surface area contributed by atoms with Crippen LogP contribution in [0.1, 0.15) is 37.9 Å². The van der Waals surface area contributed by atoms with E-state index in [1.165, 1.54) is 17.3 Å². The number of rotatable bonds is 8. The molecule has 5 rings (SSSR count). The second-order valence-electron chi connectivity index (χ2n) is 9.42. The number of piperazine rings is 1. The Balaban J connectivity index is 1.05. The maximum absolute atomic E-state index is 12.7. The summed E-state index contributed by atoms with van der Waals surface area (Å²) in [6.07, 6.45) is 5.84. The Kier molecular flexibility index (Phi) is 7.04. The van der Waals surface area contributed by atoms with Gasteiger partial charge < -0.3 is 5.32 Å². The predicted molar refractivity (Wildman–Crippen MR) is 139 cm³/mol. The van der Waals surface area contributed by atoms with Crippen molar-refractivity contribution in [3.05, 3.63) is 70.9 Å². The highest BCUT2D eigenvalue weighted by molar-refractivity contribution is 8.04. The fourth-order valence-corrected chi connectivity index (χ4v) is 5.95. The average Bonchev–Trinajstić information content (AvgIpc) is 3.27. The highest BCUT2D eigenvalue weighted by Crippen LogP contribution is 2.34. The van der Waals surface area contributed by atoms with Crippen LogP contribution in [0.2, 0.25) is 0 Å². The quantitative estimate of drug-likeness (QED) is 0.493. The van der Waals surface area contributed by atoms with Crippen LogP contribution in [-0.4, -0.2) is 63.4 Å². The fourth-order valence-electron chi connectivity index (χ4n) is 4.95. The van der Waals surface area contributed by atoms with Gasteiger partial charge in [0.05, 0.1) is 21.8 Å². The molecule has 178 valence electrons. The van der Waals surface area contributed by atoms with Gasteiger partial charge in [-0.05, 0) is 57.0 Å². The molecule has 7 heteroatoms. The fraction of sp³-hybridized carbons (Fsp3) is 0.407. The van der Waals surface area contributed by atoms with Crippen molar-refractivity contribution in [1.82, 2.24) is 24.5 Å². The number of unbranched alkanes of at least 4 members (excludes halogenated alkanes) is 1.